The van der Waals surface area contributed by atoms with Crippen molar-refractivity contribution in [3.63, 3.8) is 0 Å². The summed E-state index contributed by atoms with van der Waals surface area (Å²) in [6.07, 6.45) is 3.93. The second kappa shape index (κ2) is 4.71. The molecule has 2 nitrogen and oxygen atoms in total. The lowest BCUT2D eigenvalue weighted by atomic mass is 10.2. The molecule has 1 heterocycles. The highest BCUT2D eigenvalue weighted by Gasteiger charge is 2.04. The SMILES string of the molecule is C/C=C/c1oc(Nc2ccccc2)cc1C. The molecule has 2 heteroatoms. The van der Waals surface area contributed by atoms with Gasteiger partial charge >= 0.3 is 0 Å². The number of anilines is 2. The summed E-state index contributed by atoms with van der Waals surface area (Å²) in [6, 6.07) is 12.0. The highest BCUT2D eigenvalue weighted by atomic mass is 16.4. The Morgan fingerprint density at radius 3 is 2.62 bits per heavy atom. The Morgan fingerprint density at radius 1 is 1.19 bits per heavy atom. The first kappa shape index (κ1) is 10.6. The lowest BCUT2D eigenvalue weighted by Crippen LogP contribution is -1.86. The third-order valence-electron chi connectivity index (χ3n) is 2.32. The lowest BCUT2D eigenvalue weighted by Gasteiger charge is -2.00. The van der Waals surface area contributed by atoms with Crippen LogP contribution in [-0.4, -0.2) is 0 Å². The van der Waals surface area contributed by atoms with E-state index in [1.165, 1.54) is 0 Å². The van der Waals surface area contributed by atoms with Crippen LogP contribution in [0, 0.1) is 6.92 Å². The molecule has 0 radical (unpaired) electrons. The van der Waals surface area contributed by atoms with E-state index in [4.69, 9.17) is 4.42 Å². The summed E-state index contributed by atoms with van der Waals surface area (Å²) in [4.78, 5) is 0. The van der Waals surface area contributed by atoms with Crippen LogP contribution in [0.5, 0.6) is 0 Å². The van der Waals surface area contributed by atoms with Gasteiger partial charge in [0.1, 0.15) is 5.76 Å². The molecule has 0 saturated carbocycles. The molecule has 1 N–H and O–H groups in total. The van der Waals surface area contributed by atoms with Gasteiger partial charge in [-0.05, 0) is 37.6 Å². The fourth-order valence-corrected chi connectivity index (χ4v) is 1.54. The smallest absolute Gasteiger partial charge is 0.198 e. The number of aryl methyl sites for hydroxylation is 1. The molecule has 0 unspecified atom stereocenters. The second-order valence-electron chi connectivity index (χ2n) is 3.65. The van der Waals surface area contributed by atoms with Gasteiger partial charge in [-0.15, -0.1) is 0 Å². The topological polar surface area (TPSA) is 25.2 Å². The Morgan fingerprint density at radius 2 is 1.94 bits per heavy atom. The van der Waals surface area contributed by atoms with E-state index in [9.17, 15) is 0 Å². The summed E-state index contributed by atoms with van der Waals surface area (Å²) in [5.74, 6) is 1.68. The maximum absolute atomic E-state index is 5.66. The lowest BCUT2D eigenvalue weighted by molar-refractivity contribution is 0.572. The largest absolute Gasteiger partial charge is 0.441 e. The molecule has 0 fully saturated rings. The molecule has 0 aliphatic rings. The predicted molar refractivity (Wildman–Crippen MR) is 67.9 cm³/mol. The highest BCUT2D eigenvalue weighted by molar-refractivity contribution is 5.59. The fraction of sp³-hybridized carbons (Fsp3) is 0.143. The summed E-state index contributed by atoms with van der Waals surface area (Å²) in [5.41, 5.74) is 2.17. The Labute approximate surface area is 95.6 Å². The van der Waals surface area contributed by atoms with Crippen molar-refractivity contribution in [3.05, 3.63) is 53.8 Å². The average Bonchev–Trinajstić information content (AvgIpc) is 2.61. The quantitative estimate of drug-likeness (QED) is 0.819. The van der Waals surface area contributed by atoms with E-state index in [0.717, 1.165) is 22.9 Å². The van der Waals surface area contributed by atoms with Crippen LogP contribution in [0.1, 0.15) is 18.2 Å². The van der Waals surface area contributed by atoms with Crippen LogP contribution in [0.25, 0.3) is 6.08 Å². The van der Waals surface area contributed by atoms with Crippen LogP contribution < -0.4 is 5.32 Å². The van der Waals surface area contributed by atoms with Gasteiger partial charge in [0.2, 0.25) is 0 Å². The first-order valence-electron chi connectivity index (χ1n) is 5.35. The van der Waals surface area contributed by atoms with Crippen molar-refractivity contribution >= 4 is 17.6 Å². The first-order valence-corrected chi connectivity index (χ1v) is 5.35. The van der Waals surface area contributed by atoms with E-state index >= 15 is 0 Å². The van der Waals surface area contributed by atoms with Gasteiger partial charge in [-0.3, -0.25) is 0 Å². The van der Waals surface area contributed by atoms with Crippen LogP contribution in [0.2, 0.25) is 0 Å². The van der Waals surface area contributed by atoms with E-state index in [0.29, 0.717) is 0 Å². The van der Waals surface area contributed by atoms with Crippen molar-refractivity contribution in [1.29, 1.82) is 0 Å². The maximum atomic E-state index is 5.66. The fourth-order valence-electron chi connectivity index (χ4n) is 1.54. The number of benzene rings is 1. The molecular formula is C14H15NO. The summed E-state index contributed by atoms with van der Waals surface area (Å²) >= 11 is 0. The number of rotatable bonds is 3. The molecule has 0 atom stereocenters. The Hall–Kier alpha value is -1.96. The molecular weight excluding hydrogens is 198 g/mol. The summed E-state index contributed by atoms with van der Waals surface area (Å²) in [7, 11) is 0. The number of hydrogen-bond acceptors (Lipinski definition) is 2. The number of nitrogens with one attached hydrogen (secondary N) is 1. The van der Waals surface area contributed by atoms with Gasteiger partial charge in [-0.2, -0.15) is 0 Å². The molecule has 82 valence electrons. The van der Waals surface area contributed by atoms with Gasteiger partial charge in [0, 0.05) is 11.8 Å². The van der Waals surface area contributed by atoms with Gasteiger partial charge in [-0.25, -0.2) is 0 Å². The molecule has 0 amide bonds. The minimum atomic E-state index is 0.775. The third-order valence-corrected chi connectivity index (χ3v) is 2.32. The molecule has 0 aliphatic carbocycles. The van der Waals surface area contributed by atoms with Gasteiger partial charge in [0.05, 0.1) is 0 Å². The molecule has 0 spiro atoms. The number of allylic oxidation sites excluding steroid dienone is 1. The summed E-state index contributed by atoms with van der Waals surface area (Å²) in [5, 5.41) is 3.22. The monoisotopic (exact) mass is 213 g/mol. The van der Waals surface area contributed by atoms with Gasteiger partial charge in [0.15, 0.2) is 5.88 Å². The molecule has 0 aliphatic heterocycles. The van der Waals surface area contributed by atoms with Crippen LogP contribution >= 0.6 is 0 Å². The van der Waals surface area contributed by atoms with E-state index in [-0.39, 0.29) is 0 Å². The molecule has 1 aromatic heterocycles. The van der Waals surface area contributed by atoms with Crippen molar-refractivity contribution in [2.24, 2.45) is 0 Å². The van der Waals surface area contributed by atoms with Crippen LogP contribution in [0.15, 0.2) is 46.9 Å². The average molecular weight is 213 g/mol. The highest BCUT2D eigenvalue weighted by Crippen LogP contribution is 2.23. The minimum Gasteiger partial charge on any atom is -0.441 e. The minimum absolute atomic E-state index is 0.775. The zero-order valence-electron chi connectivity index (χ0n) is 9.53. The van der Waals surface area contributed by atoms with E-state index in [1.807, 2.05) is 62.4 Å². The van der Waals surface area contributed by atoms with Crippen LogP contribution in [0.4, 0.5) is 11.6 Å². The van der Waals surface area contributed by atoms with Crippen molar-refractivity contribution in [1.82, 2.24) is 0 Å². The van der Waals surface area contributed by atoms with Crippen molar-refractivity contribution in [2.45, 2.75) is 13.8 Å². The maximum Gasteiger partial charge on any atom is 0.198 e. The number of hydrogen-bond donors (Lipinski definition) is 1. The van der Waals surface area contributed by atoms with E-state index in [2.05, 4.69) is 5.32 Å². The van der Waals surface area contributed by atoms with Crippen molar-refractivity contribution in [2.75, 3.05) is 5.32 Å². The molecule has 2 rings (SSSR count). The zero-order valence-corrected chi connectivity index (χ0v) is 9.53. The summed E-state index contributed by atoms with van der Waals surface area (Å²) in [6.45, 7) is 4.02. The number of para-hydroxylation sites is 1. The standard InChI is InChI=1S/C14H15NO/c1-3-7-13-11(2)10-14(16-13)15-12-8-5-4-6-9-12/h3-10,15H,1-2H3/b7-3+. The van der Waals surface area contributed by atoms with Crippen molar-refractivity contribution in [3.8, 4) is 0 Å². The predicted octanol–water partition coefficient (Wildman–Crippen LogP) is 4.36. The molecule has 1 aromatic carbocycles. The molecule has 0 saturated heterocycles. The van der Waals surface area contributed by atoms with Crippen molar-refractivity contribution < 1.29 is 4.42 Å². The van der Waals surface area contributed by atoms with Gasteiger partial charge < -0.3 is 9.73 Å². The third kappa shape index (κ3) is 2.34. The Bertz CT molecular complexity index is 483. The summed E-state index contributed by atoms with van der Waals surface area (Å²) < 4.78 is 5.66. The van der Waals surface area contributed by atoms with Gasteiger partial charge in [0.25, 0.3) is 0 Å². The van der Waals surface area contributed by atoms with Crippen LogP contribution in [-0.2, 0) is 0 Å². The van der Waals surface area contributed by atoms with E-state index in [1.54, 1.807) is 0 Å². The Kier molecular flexibility index (Phi) is 3.10. The van der Waals surface area contributed by atoms with Gasteiger partial charge in [-0.1, -0.05) is 24.3 Å². The molecule has 0 bridgehead atoms. The first-order chi connectivity index (χ1) is 7.79. The van der Waals surface area contributed by atoms with E-state index < -0.39 is 0 Å². The van der Waals surface area contributed by atoms with Crippen LogP contribution in [0.3, 0.4) is 0 Å². The number of furan rings is 1. The normalized spacial score (nSPS) is 10.9. The second-order valence-corrected chi connectivity index (χ2v) is 3.65. The molecule has 2 aromatic rings. The molecule has 16 heavy (non-hydrogen) atoms. The zero-order chi connectivity index (χ0) is 11.4. The Balaban J connectivity index is 2.20.